The van der Waals surface area contributed by atoms with Gasteiger partial charge in [-0.15, -0.1) is 0 Å². The van der Waals surface area contributed by atoms with Gasteiger partial charge in [0.2, 0.25) is 5.91 Å². The van der Waals surface area contributed by atoms with Gasteiger partial charge in [0.25, 0.3) is 0 Å². The molecule has 2 aliphatic heterocycles. The fourth-order valence-corrected chi connectivity index (χ4v) is 4.05. The number of aromatic nitrogens is 1. The zero-order valence-electron chi connectivity index (χ0n) is 14.6. The van der Waals surface area contributed by atoms with Crippen LogP contribution in [0, 0.1) is 5.92 Å². The molecule has 6 nitrogen and oxygen atoms in total. The van der Waals surface area contributed by atoms with Gasteiger partial charge in [-0.25, -0.2) is 0 Å². The normalized spacial score (nSPS) is 27.2. The highest BCUT2D eigenvalue weighted by Crippen LogP contribution is 2.33. The number of methoxy groups -OCH3 is 2. The number of rotatable bonds is 6. The van der Waals surface area contributed by atoms with Crippen LogP contribution in [0.5, 0.6) is 0 Å². The molecule has 1 aromatic heterocycles. The quantitative estimate of drug-likeness (QED) is 0.782. The first-order valence-corrected chi connectivity index (χ1v) is 8.65. The van der Waals surface area contributed by atoms with Gasteiger partial charge < -0.3 is 14.4 Å². The Morgan fingerprint density at radius 3 is 2.79 bits per heavy atom. The fourth-order valence-electron chi connectivity index (χ4n) is 4.05. The van der Waals surface area contributed by atoms with Crippen LogP contribution >= 0.6 is 0 Å². The van der Waals surface area contributed by atoms with E-state index in [4.69, 9.17) is 9.47 Å². The van der Waals surface area contributed by atoms with Crippen LogP contribution in [0.3, 0.4) is 0 Å². The lowest BCUT2D eigenvalue weighted by molar-refractivity contribution is -0.139. The minimum atomic E-state index is 0.201. The van der Waals surface area contributed by atoms with Crippen molar-refractivity contribution in [3.05, 3.63) is 30.1 Å². The number of amides is 1. The Morgan fingerprint density at radius 1 is 1.29 bits per heavy atom. The average Bonchev–Trinajstić information content (AvgIpc) is 3.03. The molecule has 0 N–H and O–H groups in total. The molecule has 3 heterocycles. The molecule has 132 valence electrons. The van der Waals surface area contributed by atoms with Gasteiger partial charge in [-0.05, 0) is 24.1 Å². The Balaban J connectivity index is 1.68. The van der Waals surface area contributed by atoms with Crippen molar-refractivity contribution in [3.8, 4) is 0 Å². The molecular weight excluding hydrogens is 306 g/mol. The zero-order valence-corrected chi connectivity index (χ0v) is 14.6. The van der Waals surface area contributed by atoms with Crippen LogP contribution in [0.4, 0.5) is 0 Å². The lowest BCUT2D eigenvalue weighted by Gasteiger charge is -2.41. The van der Waals surface area contributed by atoms with Crippen LogP contribution in [0.1, 0.15) is 18.4 Å². The number of piperidine rings is 1. The van der Waals surface area contributed by atoms with E-state index in [1.165, 1.54) is 5.56 Å². The molecule has 0 unspecified atom stereocenters. The van der Waals surface area contributed by atoms with E-state index in [9.17, 15) is 4.79 Å². The molecule has 1 aromatic rings. The van der Waals surface area contributed by atoms with Crippen molar-refractivity contribution in [2.45, 2.75) is 31.5 Å². The second-order valence-corrected chi connectivity index (χ2v) is 6.67. The number of hydrogen-bond acceptors (Lipinski definition) is 5. The summed E-state index contributed by atoms with van der Waals surface area (Å²) >= 11 is 0. The van der Waals surface area contributed by atoms with Crippen molar-refractivity contribution in [1.82, 2.24) is 14.8 Å². The molecule has 2 saturated heterocycles. The van der Waals surface area contributed by atoms with Crippen molar-refractivity contribution in [1.29, 1.82) is 0 Å². The van der Waals surface area contributed by atoms with Gasteiger partial charge in [0.1, 0.15) is 0 Å². The molecule has 2 fully saturated rings. The third-order valence-corrected chi connectivity index (χ3v) is 5.24. The van der Waals surface area contributed by atoms with Gasteiger partial charge in [-0.3, -0.25) is 14.7 Å². The van der Waals surface area contributed by atoms with E-state index in [0.29, 0.717) is 18.9 Å². The molecule has 0 aromatic carbocycles. The Hall–Kier alpha value is -1.50. The summed E-state index contributed by atoms with van der Waals surface area (Å²) in [6.45, 7) is 4.05. The third kappa shape index (κ3) is 3.77. The molecule has 6 heteroatoms. The summed E-state index contributed by atoms with van der Waals surface area (Å²) in [5, 5.41) is 0. The van der Waals surface area contributed by atoms with Gasteiger partial charge in [0.05, 0.1) is 25.2 Å². The van der Waals surface area contributed by atoms with E-state index >= 15 is 0 Å². The summed E-state index contributed by atoms with van der Waals surface area (Å²) in [6.07, 6.45) is 5.28. The maximum atomic E-state index is 12.5. The number of ether oxygens (including phenoxy) is 2. The number of likely N-dealkylation sites (tertiary alicyclic amines) is 2. The highest BCUT2D eigenvalue weighted by molar-refractivity contribution is 5.77. The lowest BCUT2D eigenvalue weighted by Crippen LogP contribution is -2.53. The molecule has 2 aliphatic rings. The molecule has 0 spiro atoms. The summed E-state index contributed by atoms with van der Waals surface area (Å²) in [6, 6.07) is 4.35. The Bertz CT molecular complexity index is 540. The molecule has 24 heavy (non-hydrogen) atoms. The smallest absolute Gasteiger partial charge is 0.225 e. The number of nitrogens with zero attached hydrogens (tertiary/aromatic N) is 3. The largest absolute Gasteiger partial charge is 0.384 e. The van der Waals surface area contributed by atoms with Crippen molar-refractivity contribution >= 4 is 5.91 Å². The SMILES string of the molecule is COCCC(=O)N1CC[C@@H](OC)[C@H]2CN(Cc3ccncc3)C[C@H]21. The predicted molar refractivity (Wildman–Crippen MR) is 90.4 cm³/mol. The second-order valence-electron chi connectivity index (χ2n) is 6.67. The van der Waals surface area contributed by atoms with Crippen molar-refractivity contribution < 1.29 is 14.3 Å². The van der Waals surface area contributed by atoms with Crippen molar-refractivity contribution in [2.75, 3.05) is 40.5 Å². The maximum Gasteiger partial charge on any atom is 0.225 e. The summed E-state index contributed by atoms with van der Waals surface area (Å²) in [5.74, 6) is 0.587. The van der Waals surface area contributed by atoms with E-state index in [-0.39, 0.29) is 18.1 Å². The zero-order chi connectivity index (χ0) is 16.9. The second kappa shape index (κ2) is 8.05. The molecular formula is C18H27N3O3. The van der Waals surface area contributed by atoms with Gasteiger partial charge in [0, 0.05) is 58.7 Å². The van der Waals surface area contributed by atoms with Crippen molar-refractivity contribution in [2.24, 2.45) is 5.92 Å². The predicted octanol–water partition coefficient (Wildman–Crippen LogP) is 1.17. The topological polar surface area (TPSA) is 54.9 Å². The van der Waals surface area contributed by atoms with E-state index < -0.39 is 0 Å². The first-order chi connectivity index (χ1) is 11.7. The van der Waals surface area contributed by atoms with E-state index in [0.717, 1.165) is 32.6 Å². The Kier molecular flexibility index (Phi) is 5.81. The van der Waals surface area contributed by atoms with Crippen LogP contribution < -0.4 is 0 Å². The van der Waals surface area contributed by atoms with Crippen LogP contribution in [0.15, 0.2) is 24.5 Å². The highest BCUT2D eigenvalue weighted by atomic mass is 16.5. The van der Waals surface area contributed by atoms with Gasteiger partial charge in [0.15, 0.2) is 0 Å². The Morgan fingerprint density at radius 2 is 2.08 bits per heavy atom. The molecule has 1 amide bonds. The first kappa shape index (κ1) is 17.3. The molecule has 0 aliphatic carbocycles. The average molecular weight is 333 g/mol. The van der Waals surface area contributed by atoms with Crippen LogP contribution in [0.25, 0.3) is 0 Å². The number of pyridine rings is 1. The summed E-state index contributed by atoms with van der Waals surface area (Å²) < 4.78 is 10.8. The summed E-state index contributed by atoms with van der Waals surface area (Å²) in [4.78, 5) is 21.1. The standard InChI is InChI=1S/C18H27N3O3/c1-23-10-6-18(22)21-9-5-17(24-2)15-12-20(13-16(15)21)11-14-3-7-19-8-4-14/h3-4,7-8,15-17H,5-6,9-13H2,1-2H3/t15-,16+,17+/m0/s1. The van der Waals surface area contributed by atoms with Gasteiger partial charge in [-0.1, -0.05) is 0 Å². The minimum Gasteiger partial charge on any atom is -0.384 e. The number of carbonyl (C=O) groups is 1. The van der Waals surface area contributed by atoms with Crippen LogP contribution in [-0.4, -0.2) is 73.3 Å². The number of hydrogen-bond donors (Lipinski definition) is 0. The van der Waals surface area contributed by atoms with E-state index in [1.807, 2.05) is 12.4 Å². The van der Waals surface area contributed by atoms with Gasteiger partial charge >= 0.3 is 0 Å². The monoisotopic (exact) mass is 333 g/mol. The molecule has 0 saturated carbocycles. The van der Waals surface area contributed by atoms with Crippen LogP contribution in [-0.2, 0) is 20.8 Å². The molecule has 3 atom stereocenters. The molecule has 0 radical (unpaired) electrons. The fraction of sp³-hybridized carbons (Fsp3) is 0.667. The lowest BCUT2D eigenvalue weighted by atomic mass is 9.89. The van der Waals surface area contributed by atoms with E-state index in [2.05, 4.69) is 26.9 Å². The molecule has 3 rings (SSSR count). The molecule has 0 bridgehead atoms. The minimum absolute atomic E-state index is 0.201. The third-order valence-electron chi connectivity index (χ3n) is 5.24. The van der Waals surface area contributed by atoms with E-state index in [1.54, 1.807) is 14.2 Å². The Labute approximate surface area is 143 Å². The van der Waals surface area contributed by atoms with Crippen LogP contribution in [0.2, 0.25) is 0 Å². The highest BCUT2D eigenvalue weighted by Gasteiger charge is 2.45. The number of carbonyl (C=O) groups excluding carboxylic acids is 1. The summed E-state index contributed by atoms with van der Waals surface area (Å²) in [7, 11) is 3.43. The maximum absolute atomic E-state index is 12.5. The van der Waals surface area contributed by atoms with Gasteiger partial charge in [-0.2, -0.15) is 0 Å². The first-order valence-electron chi connectivity index (χ1n) is 8.65. The number of fused-ring (bicyclic) bond motifs is 1. The summed E-state index contributed by atoms with van der Waals surface area (Å²) in [5.41, 5.74) is 1.26. The van der Waals surface area contributed by atoms with Crippen molar-refractivity contribution in [3.63, 3.8) is 0 Å².